The molecule has 1 fully saturated rings. The molecular formula is C14H19BrFNO2. The first-order valence-electron chi connectivity index (χ1n) is 6.41. The van der Waals surface area contributed by atoms with Gasteiger partial charge in [0.15, 0.2) is 0 Å². The van der Waals surface area contributed by atoms with E-state index in [2.05, 4.69) is 15.9 Å². The minimum atomic E-state index is -0.713. The molecule has 19 heavy (non-hydrogen) atoms. The number of aliphatic hydroxyl groups is 1. The third-order valence-electron chi connectivity index (χ3n) is 3.44. The number of likely N-dealkylation sites (N-methyl/N-ethyl adjacent to an activating group) is 1. The first-order valence-corrected chi connectivity index (χ1v) is 7.20. The van der Waals surface area contributed by atoms with Gasteiger partial charge in [-0.3, -0.25) is 4.90 Å². The maximum atomic E-state index is 13.7. The lowest BCUT2D eigenvalue weighted by Crippen LogP contribution is -2.45. The Balaban J connectivity index is 1.96. The maximum Gasteiger partial charge on any atom is 0.127 e. The molecule has 106 valence electrons. The minimum absolute atomic E-state index is 0.214. The van der Waals surface area contributed by atoms with Gasteiger partial charge in [-0.15, -0.1) is 0 Å². The van der Waals surface area contributed by atoms with E-state index < -0.39 is 5.60 Å². The van der Waals surface area contributed by atoms with E-state index in [1.807, 2.05) is 11.9 Å². The van der Waals surface area contributed by atoms with Gasteiger partial charge in [-0.1, -0.05) is 15.9 Å². The molecule has 1 aliphatic heterocycles. The standard InChI is InChI=1S/C14H19BrFNO2/c1-17(10-14(18)4-6-19-7-5-14)9-11-8-12(15)2-3-13(11)16/h2-3,8,18H,4-7,9-10H2,1H3. The van der Waals surface area contributed by atoms with Gasteiger partial charge in [-0.05, 0) is 25.2 Å². The number of benzene rings is 1. The molecule has 2 rings (SSSR count). The zero-order chi connectivity index (χ0) is 13.9. The highest BCUT2D eigenvalue weighted by molar-refractivity contribution is 9.10. The molecule has 1 saturated heterocycles. The van der Waals surface area contributed by atoms with Gasteiger partial charge >= 0.3 is 0 Å². The van der Waals surface area contributed by atoms with Crippen molar-refractivity contribution in [1.82, 2.24) is 4.90 Å². The molecule has 1 aromatic rings. The van der Waals surface area contributed by atoms with Crippen molar-refractivity contribution in [3.8, 4) is 0 Å². The van der Waals surface area contributed by atoms with Gasteiger partial charge in [0.25, 0.3) is 0 Å². The number of hydrogen-bond donors (Lipinski definition) is 1. The van der Waals surface area contributed by atoms with Crippen LogP contribution in [0.2, 0.25) is 0 Å². The first kappa shape index (κ1) is 14.9. The molecule has 0 spiro atoms. The average Bonchev–Trinajstić information content (AvgIpc) is 2.34. The molecule has 1 heterocycles. The Bertz CT molecular complexity index is 435. The second-order valence-corrected chi connectivity index (χ2v) is 6.16. The van der Waals surface area contributed by atoms with Gasteiger partial charge in [-0.25, -0.2) is 4.39 Å². The van der Waals surface area contributed by atoms with Crippen LogP contribution in [0.3, 0.4) is 0 Å². The minimum Gasteiger partial charge on any atom is -0.388 e. The third kappa shape index (κ3) is 4.24. The van der Waals surface area contributed by atoms with Crippen LogP contribution >= 0.6 is 15.9 Å². The Morgan fingerprint density at radius 3 is 2.79 bits per heavy atom. The first-order chi connectivity index (χ1) is 8.98. The monoisotopic (exact) mass is 331 g/mol. The highest BCUT2D eigenvalue weighted by Crippen LogP contribution is 2.23. The molecule has 0 radical (unpaired) electrons. The van der Waals surface area contributed by atoms with Crippen molar-refractivity contribution in [2.24, 2.45) is 0 Å². The predicted octanol–water partition coefficient (Wildman–Crippen LogP) is 2.56. The summed E-state index contributed by atoms with van der Waals surface area (Å²) in [5.74, 6) is -0.214. The quantitative estimate of drug-likeness (QED) is 0.920. The molecule has 0 bridgehead atoms. The predicted molar refractivity (Wildman–Crippen MR) is 75.4 cm³/mol. The Kier molecular flexibility index (Phi) is 4.95. The van der Waals surface area contributed by atoms with Crippen LogP contribution in [0, 0.1) is 5.82 Å². The van der Waals surface area contributed by atoms with Crippen molar-refractivity contribution in [3.05, 3.63) is 34.1 Å². The summed E-state index contributed by atoms with van der Waals surface area (Å²) < 4.78 is 19.8. The molecule has 0 amide bonds. The van der Waals surface area contributed by atoms with Gasteiger partial charge in [0.05, 0.1) is 5.60 Å². The summed E-state index contributed by atoms with van der Waals surface area (Å²) in [5.41, 5.74) is -0.0808. The fourth-order valence-corrected chi connectivity index (χ4v) is 2.83. The Hall–Kier alpha value is -0.490. The highest BCUT2D eigenvalue weighted by Gasteiger charge is 2.31. The Labute approximate surface area is 121 Å². The van der Waals surface area contributed by atoms with E-state index in [9.17, 15) is 9.50 Å². The second kappa shape index (κ2) is 6.31. The van der Waals surface area contributed by atoms with E-state index in [0.717, 1.165) is 4.47 Å². The van der Waals surface area contributed by atoms with E-state index in [4.69, 9.17) is 4.74 Å². The lowest BCUT2D eigenvalue weighted by molar-refractivity contribution is -0.0778. The molecule has 5 heteroatoms. The van der Waals surface area contributed by atoms with Crippen LogP contribution in [0.4, 0.5) is 4.39 Å². The largest absolute Gasteiger partial charge is 0.388 e. The maximum absolute atomic E-state index is 13.7. The van der Waals surface area contributed by atoms with Crippen LogP contribution in [0.1, 0.15) is 18.4 Å². The summed E-state index contributed by atoms with van der Waals surface area (Å²) in [5, 5.41) is 10.4. The van der Waals surface area contributed by atoms with Crippen LogP contribution in [0.25, 0.3) is 0 Å². The summed E-state index contributed by atoms with van der Waals surface area (Å²) in [7, 11) is 1.90. The number of nitrogens with zero attached hydrogens (tertiary/aromatic N) is 1. The summed E-state index contributed by atoms with van der Waals surface area (Å²) in [6.07, 6.45) is 1.27. The smallest absolute Gasteiger partial charge is 0.127 e. The van der Waals surface area contributed by atoms with E-state index in [1.54, 1.807) is 12.1 Å². The van der Waals surface area contributed by atoms with Crippen molar-refractivity contribution in [3.63, 3.8) is 0 Å². The SMILES string of the molecule is CN(Cc1cc(Br)ccc1F)CC1(O)CCOCC1. The Morgan fingerprint density at radius 2 is 2.11 bits per heavy atom. The lowest BCUT2D eigenvalue weighted by Gasteiger charge is -2.35. The van der Waals surface area contributed by atoms with Gasteiger partial charge in [0.2, 0.25) is 0 Å². The van der Waals surface area contributed by atoms with Crippen LogP contribution in [0.15, 0.2) is 22.7 Å². The van der Waals surface area contributed by atoms with Crippen LogP contribution in [-0.4, -0.2) is 42.4 Å². The van der Waals surface area contributed by atoms with Gasteiger partial charge < -0.3 is 9.84 Å². The molecule has 0 unspecified atom stereocenters. The van der Waals surface area contributed by atoms with Gasteiger partial charge in [0, 0.05) is 49.2 Å². The third-order valence-corrected chi connectivity index (χ3v) is 3.93. The molecule has 1 N–H and O–H groups in total. The lowest BCUT2D eigenvalue weighted by atomic mass is 9.94. The zero-order valence-electron chi connectivity index (χ0n) is 11.0. The molecule has 0 atom stereocenters. The number of hydrogen-bond acceptors (Lipinski definition) is 3. The van der Waals surface area contributed by atoms with E-state index in [1.165, 1.54) is 6.07 Å². The fourth-order valence-electron chi connectivity index (χ4n) is 2.42. The van der Waals surface area contributed by atoms with Gasteiger partial charge in [-0.2, -0.15) is 0 Å². The molecule has 0 saturated carbocycles. The molecule has 1 aliphatic rings. The van der Waals surface area contributed by atoms with Crippen molar-refractivity contribution in [2.75, 3.05) is 26.8 Å². The second-order valence-electron chi connectivity index (χ2n) is 5.24. The van der Waals surface area contributed by atoms with E-state index in [-0.39, 0.29) is 5.82 Å². The Morgan fingerprint density at radius 1 is 1.42 bits per heavy atom. The summed E-state index contributed by atoms with van der Waals surface area (Å²) in [6.45, 7) is 2.20. The topological polar surface area (TPSA) is 32.7 Å². The summed E-state index contributed by atoms with van der Waals surface area (Å²) in [4.78, 5) is 1.95. The van der Waals surface area contributed by atoms with Crippen molar-refractivity contribution >= 4 is 15.9 Å². The van der Waals surface area contributed by atoms with Crippen molar-refractivity contribution < 1.29 is 14.2 Å². The van der Waals surface area contributed by atoms with E-state index in [0.29, 0.717) is 44.7 Å². The normalized spacial score (nSPS) is 18.8. The highest BCUT2D eigenvalue weighted by atomic mass is 79.9. The molecule has 1 aromatic carbocycles. The molecule has 3 nitrogen and oxygen atoms in total. The zero-order valence-corrected chi connectivity index (χ0v) is 12.6. The molecule has 0 aromatic heterocycles. The number of rotatable bonds is 4. The van der Waals surface area contributed by atoms with Crippen LogP contribution in [0.5, 0.6) is 0 Å². The van der Waals surface area contributed by atoms with E-state index >= 15 is 0 Å². The average molecular weight is 332 g/mol. The fraction of sp³-hybridized carbons (Fsp3) is 0.571. The van der Waals surface area contributed by atoms with Crippen molar-refractivity contribution in [1.29, 1.82) is 0 Å². The van der Waals surface area contributed by atoms with Crippen molar-refractivity contribution in [2.45, 2.75) is 25.0 Å². The molecular weight excluding hydrogens is 313 g/mol. The summed E-state index contributed by atoms with van der Waals surface area (Å²) >= 11 is 3.34. The number of halogens is 2. The molecule has 0 aliphatic carbocycles. The number of ether oxygens (including phenoxy) is 1. The van der Waals surface area contributed by atoms with Crippen LogP contribution < -0.4 is 0 Å². The van der Waals surface area contributed by atoms with Gasteiger partial charge in [0.1, 0.15) is 5.82 Å². The van der Waals surface area contributed by atoms with Crippen LogP contribution in [-0.2, 0) is 11.3 Å². The summed E-state index contributed by atoms with van der Waals surface area (Å²) in [6, 6.07) is 4.92.